The lowest BCUT2D eigenvalue weighted by Crippen LogP contribution is -2.24. The Morgan fingerprint density at radius 3 is 3.07 bits per heavy atom. The van der Waals surface area contributed by atoms with Gasteiger partial charge in [-0.3, -0.25) is 0 Å². The number of hydrogen-bond donors (Lipinski definition) is 0. The fourth-order valence-electron chi connectivity index (χ4n) is 3.00. The van der Waals surface area contributed by atoms with E-state index >= 15 is 0 Å². The summed E-state index contributed by atoms with van der Waals surface area (Å²) in [5.74, 6) is 1.36. The maximum atomic E-state index is 5.83. The topological polar surface area (TPSA) is 9.23 Å². The van der Waals surface area contributed by atoms with Crippen molar-refractivity contribution in [3.63, 3.8) is 0 Å². The Hall–Kier alpha value is -0.820. The van der Waals surface area contributed by atoms with Crippen molar-refractivity contribution < 1.29 is 4.74 Å². The molecule has 14 heavy (non-hydrogen) atoms. The Morgan fingerprint density at radius 2 is 2.14 bits per heavy atom. The molecule has 1 aliphatic carbocycles. The highest BCUT2D eigenvalue weighted by Crippen LogP contribution is 2.42. The van der Waals surface area contributed by atoms with E-state index in [4.69, 9.17) is 4.74 Å². The average Bonchev–Trinajstić information content (AvgIpc) is 2.61. The third-order valence-corrected chi connectivity index (χ3v) is 3.70. The SMILES string of the molecule is CC1COC2CCc3ccccc3C12. The van der Waals surface area contributed by atoms with Crippen LogP contribution in [0, 0.1) is 5.92 Å². The summed E-state index contributed by atoms with van der Waals surface area (Å²) in [4.78, 5) is 0. The monoisotopic (exact) mass is 188 g/mol. The molecule has 2 aliphatic rings. The molecule has 0 N–H and O–H groups in total. The number of ether oxygens (including phenoxy) is 1. The van der Waals surface area contributed by atoms with E-state index in [0.29, 0.717) is 17.9 Å². The summed E-state index contributed by atoms with van der Waals surface area (Å²) in [6, 6.07) is 8.87. The van der Waals surface area contributed by atoms with Crippen LogP contribution in [-0.2, 0) is 11.2 Å². The molecule has 0 radical (unpaired) electrons. The van der Waals surface area contributed by atoms with Crippen LogP contribution in [0.4, 0.5) is 0 Å². The van der Waals surface area contributed by atoms with Crippen LogP contribution in [0.2, 0.25) is 0 Å². The number of fused-ring (bicyclic) bond motifs is 3. The van der Waals surface area contributed by atoms with Gasteiger partial charge in [-0.25, -0.2) is 0 Å². The van der Waals surface area contributed by atoms with Crippen LogP contribution < -0.4 is 0 Å². The summed E-state index contributed by atoms with van der Waals surface area (Å²) in [6.45, 7) is 3.26. The van der Waals surface area contributed by atoms with Crippen LogP contribution in [0.3, 0.4) is 0 Å². The van der Waals surface area contributed by atoms with E-state index < -0.39 is 0 Å². The van der Waals surface area contributed by atoms with E-state index in [1.807, 2.05) is 0 Å². The minimum atomic E-state index is 0.500. The quantitative estimate of drug-likeness (QED) is 0.608. The minimum Gasteiger partial charge on any atom is -0.377 e. The van der Waals surface area contributed by atoms with Crippen LogP contribution in [0.5, 0.6) is 0 Å². The first kappa shape index (κ1) is 8.49. The first-order valence-corrected chi connectivity index (χ1v) is 5.55. The number of aryl methyl sites for hydroxylation is 1. The van der Waals surface area contributed by atoms with E-state index in [-0.39, 0.29) is 0 Å². The van der Waals surface area contributed by atoms with E-state index in [2.05, 4.69) is 31.2 Å². The summed E-state index contributed by atoms with van der Waals surface area (Å²) < 4.78 is 5.83. The summed E-state index contributed by atoms with van der Waals surface area (Å²) in [5.41, 5.74) is 3.10. The van der Waals surface area contributed by atoms with Crippen molar-refractivity contribution in [3.05, 3.63) is 35.4 Å². The molecular weight excluding hydrogens is 172 g/mol. The van der Waals surface area contributed by atoms with Crippen molar-refractivity contribution in [1.82, 2.24) is 0 Å². The Labute approximate surface area is 85.1 Å². The van der Waals surface area contributed by atoms with E-state index in [1.54, 1.807) is 11.1 Å². The molecule has 3 rings (SSSR count). The highest BCUT2D eigenvalue weighted by atomic mass is 16.5. The van der Waals surface area contributed by atoms with Crippen molar-refractivity contribution in [2.75, 3.05) is 6.61 Å². The second-order valence-electron chi connectivity index (χ2n) is 4.61. The molecule has 74 valence electrons. The normalized spacial score (nSPS) is 35.1. The molecule has 0 amide bonds. The Balaban J connectivity index is 2.07. The van der Waals surface area contributed by atoms with Gasteiger partial charge in [0.25, 0.3) is 0 Å². The molecule has 3 unspecified atom stereocenters. The lowest BCUT2D eigenvalue weighted by molar-refractivity contribution is 0.0914. The lowest BCUT2D eigenvalue weighted by Gasteiger charge is -2.28. The maximum Gasteiger partial charge on any atom is 0.0650 e. The van der Waals surface area contributed by atoms with Gasteiger partial charge in [0, 0.05) is 5.92 Å². The van der Waals surface area contributed by atoms with Crippen molar-refractivity contribution in [2.24, 2.45) is 5.92 Å². The fraction of sp³-hybridized carbons (Fsp3) is 0.538. The van der Waals surface area contributed by atoms with E-state index in [1.165, 1.54) is 12.8 Å². The Kier molecular flexibility index (Phi) is 1.88. The zero-order valence-electron chi connectivity index (χ0n) is 8.57. The molecule has 1 saturated heterocycles. The van der Waals surface area contributed by atoms with E-state index in [9.17, 15) is 0 Å². The van der Waals surface area contributed by atoms with Crippen LogP contribution >= 0.6 is 0 Å². The summed E-state index contributed by atoms with van der Waals surface area (Å²) in [5, 5.41) is 0. The third-order valence-electron chi connectivity index (χ3n) is 3.70. The van der Waals surface area contributed by atoms with Crippen LogP contribution in [0.25, 0.3) is 0 Å². The van der Waals surface area contributed by atoms with Gasteiger partial charge in [-0.05, 0) is 29.9 Å². The smallest absolute Gasteiger partial charge is 0.0650 e. The molecule has 1 aromatic rings. The molecule has 1 aromatic carbocycles. The largest absolute Gasteiger partial charge is 0.377 e. The highest BCUT2D eigenvalue weighted by Gasteiger charge is 2.38. The second kappa shape index (κ2) is 3.09. The average molecular weight is 188 g/mol. The molecule has 1 heterocycles. The van der Waals surface area contributed by atoms with Gasteiger partial charge in [-0.1, -0.05) is 31.2 Å². The Bertz CT molecular complexity index is 345. The minimum absolute atomic E-state index is 0.500. The zero-order chi connectivity index (χ0) is 9.54. The molecular formula is C13H16O. The zero-order valence-corrected chi connectivity index (χ0v) is 8.57. The fourth-order valence-corrected chi connectivity index (χ4v) is 3.00. The number of benzene rings is 1. The van der Waals surface area contributed by atoms with Gasteiger partial charge < -0.3 is 4.74 Å². The molecule has 0 bridgehead atoms. The van der Waals surface area contributed by atoms with Gasteiger partial charge in [0.15, 0.2) is 0 Å². The molecule has 1 heteroatoms. The van der Waals surface area contributed by atoms with Crippen molar-refractivity contribution in [3.8, 4) is 0 Å². The van der Waals surface area contributed by atoms with Crippen molar-refractivity contribution >= 4 is 0 Å². The number of rotatable bonds is 0. The molecule has 1 aliphatic heterocycles. The van der Waals surface area contributed by atoms with Gasteiger partial charge in [0.2, 0.25) is 0 Å². The van der Waals surface area contributed by atoms with Gasteiger partial charge >= 0.3 is 0 Å². The number of hydrogen-bond acceptors (Lipinski definition) is 1. The van der Waals surface area contributed by atoms with Crippen LogP contribution in [0.15, 0.2) is 24.3 Å². The molecule has 3 atom stereocenters. The van der Waals surface area contributed by atoms with Gasteiger partial charge in [0.1, 0.15) is 0 Å². The Morgan fingerprint density at radius 1 is 1.29 bits per heavy atom. The summed E-state index contributed by atoms with van der Waals surface area (Å²) in [7, 11) is 0. The van der Waals surface area contributed by atoms with E-state index in [0.717, 1.165) is 6.61 Å². The van der Waals surface area contributed by atoms with Gasteiger partial charge in [-0.15, -0.1) is 0 Å². The molecule has 1 fully saturated rings. The first-order valence-electron chi connectivity index (χ1n) is 5.55. The standard InChI is InChI=1S/C13H16O/c1-9-8-14-12-7-6-10-4-2-3-5-11(10)13(9)12/h2-5,9,12-13H,6-8H2,1H3. The predicted octanol–water partition coefficient (Wildman–Crippen LogP) is 2.75. The van der Waals surface area contributed by atoms with Crippen molar-refractivity contribution in [1.29, 1.82) is 0 Å². The molecule has 0 spiro atoms. The third kappa shape index (κ3) is 1.12. The second-order valence-corrected chi connectivity index (χ2v) is 4.61. The molecule has 0 saturated carbocycles. The van der Waals surface area contributed by atoms with Gasteiger partial charge in [0.05, 0.1) is 12.7 Å². The predicted molar refractivity (Wildman–Crippen MR) is 56.4 cm³/mol. The molecule has 1 nitrogen and oxygen atoms in total. The van der Waals surface area contributed by atoms with Crippen LogP contribution in [0.1, 0.15) is 30.4 Å². The molecule has 0 aromatic heterocycles. The van der Waals surface area contributed by atoms with Gasteiger partial charge in [-0.2, -0.15) is 0 Å². The van der Waals surface area contributed by atoms with Crippen molar-refractivity contribution in [2.45, 2.75) is 31.8 Å². The summed E-state index contributed by atoms with van der Waals surface area (Å²) >= 11 is 0. The highest BCUT2D eigenvalue weighted by molar-refractivity contribution is 5.35. The first-order chi connectivity index (χ1) is 6.86. The maximum absolute atomic E-state index is 5.83. The summed E-state index contributed by atoms with van der Waals surface area (Å²) in [6.07, 6.45) is 2.91. The van der Waals surface area contributed by atoms with Crippen LogP contribution in [-0.4, -0.2) is 12.7 Å². The lowest BCUT2D eigenvalue weighted by atomic mass is 9.76.